The number of ketones is 1. The van der Waals surface area contributed by atoms with Gasteiger partial charge in [-0.3, -0.25) is 9.59 Å². The molecule has 0 spiro atoms. The van der Waals surface area contributed by atoms with Gasteiger partial charge >= 0.3 is 5.97 Å². The molecular weight excluding hydrogens is 228 g/mol. The molecule has 1 aliphatic rings. The van der Waals surface area contributed by atoms with Gasteiger partial charge in [0.25, 0.3) is 0 Å². The van der Waals surface area contributed by atoms with Gasteiger partial charge in [-0.1, -0.05) is 30.2 Å². The molecule has 1 fully saturated rings. The largest absolute Gasteiger partial charge is 0.481 e. The van der Waals surface area contributed by atoms with Crippen LogP contribution in [0.15, 0.2) is 24.3 Å². The lowest BCUT2D eigenvalue weighted by Crippen LogP contribution is -2.20. The Bertz CT molecular complexity index is 465. The quantitative estimate of drug-likeness (QED) is 0.831. The number of benzene rings is 1. The summed E-state index contributed by atoms with van der Waals surface area (Å²) < 4.78 is 0. The van der Waals surface area contributed by atoms with Crippen LogP contribution in [0.25, 0.3) is 0 Å². The predicted molar refractivity (Wildman–Crippen MR) is 68.6 cm³/mol. The van der Waals surface area contributed by atoms with Crippen molar-refractivity contribution in [2.24, 2.45) is 11.8 Å². The van der Waals surface area contributed by atoms with Crippen LogP contribution in [0.2, 0.25) is 0 Å². The second-order valence-electron chi connectivity index (χ2n) is 5.13. The first-order valence-corrected chi connectivity index (χ1v) is 6.40. The van der Waals surface area contributed by atoms with Crippen molar-refractivity contribution < 1.29 is 14.7 Å². The lowest BCUT2D eigenvalue weighted by molar-refractivity contribution is -0.142. The fourth-order valence-corrected chi connectivity index (χ4v) is 2.78. The van der Waals surface area contributed by atoms with Gasteiger partial charge in [0.05, 0.1) is 5.92 Å². The third kappa shape index (κ3) is 2.78. The number of Topliss-reactive ketones (excluding diaryl/α,β-unsaturated/α-hetero) is 1. The molecule has 0 saturated heterocycles. The Kier molecular flexibility index (Phi) is 3.80. The van der Waals surface area contributed by atoms with Crippen molar-refractivity contribution in [3.8, 4) is 0 Å². The van der Waals surface area contributed by atoms with Crippen molar-refractivity contribution in [3.63, 3.8) is 0 Å². The first kappa shape index (κ1) is 12.8. The summed E-state index contributed by atoms with van der Waals surface area (Å²) >= 11 is 0. The molecule has 2 rings (SSSR count). The number of aryl methyl sites for hydroxylation is 1. The van der Waals surface area contributed by atoms with Gasteiger partial charge in [-0.2, -0.15) is 0 Å². The maximum absolute atomic E-state index is 12.1. The fraction of sp³-hybridized carbons (Fsp3) is 0.467. The number of carbonyl (C=O) groups excluding carboxylic acids is 1. The molecule has 96 valence electrons. The highest BCUT2D eigenvalue weighted by Crippen LogP contribution is 2.35. The third-order valence-electron chi connectivity index (χ3n) is 3.76. The summed E-state index contributed by atoms with van der Waals surface area (Å²) in [7, 11) is 0. The number of hydrogen-bond acceptors (Lipinski definition) is 2. The van der Waals surface area contributed by atoms with Gasteiger partial charge in [-0.15, -0.1) is 0 Å². The average Bonchev–Trinajstić information content (AvgIpc) is 2.77. The van der Waals surface area contributed by atoms with Gasteiger partial charge in [0.1, 0.15) is 0 Å². The molecule has 1 aromatic carbocycles. The summed E-state index contributed by atoms with van der Waals surface area (Å²) in [6, 6.07) is 7.49. The number of carboxylic acids is 1. The van der Waals surface area contributed by atoms with Crippen molar-refractivity contribution in [2.75, 3.05) is 0 Å². The van der Waals surface area contributed by atoms with Gasteiger partial charge in [-0.25, -0.2) is 0 Å². The topological polar surface area (TPSA) is 54.4 Å². The molecule has 0 unspecified atom stereocenters. The van der Waals surface area contributed by atoms with Crippen LogP contribution in [0.3, 0.4) is 0 Å². The predicted octanol–water partition coefficient (Wildman–Crippen LogP) is 3.07. The van der Waals surface area contributed by atoms with Crippen LogP contribution in [-0.2, 0) is 4.79 Å². The average molecular weight is 246 g/mol. The zero-order chi connectivity index (χ0) is 13.1. The third-order valence-corrected chi connectivity index (χ3v) is 3.76. The molecule has 1 N–H and O–H groups in total. The van der Waals surface area contributed by atoms with Gasteiger partial charge in [0.15, 0.2) is 5.78 Å². The zero-order valence-corrected chi connectivity index (χ0v) is 10.6. The molecule has 18 heavy (non-hydrogen) atoms. The molecule has 0 radical (unpaired) electrons. The Morgan fingerprint density at radius 2 is 2.11 bits per heavy atom. The van der Waals surface area contributed by atoms with Crippen molar-refractivity contribution in [3.05, 3.63) is 35.4 Å². The second-order valence-corrected chi connectivity index (χ2v) is 5.13. The fourth-order valence-electron chi connectivity index (χ4n) is 2.78. The molecule has 1 aromatic rings. The minimum absolute atomic E-state index is 0.00973. The molecule has 1 saturated carbocycles. The molecule has 3 nitrogen and oxygen atoms in total. The lowest BCUT2D eigenvalue weighted by Gasteiger charge is -2.14. The van der Waals surface area contributed by atoms with E-state index >= 15 is 0 Å². The Labute approximate surface area is 107 Å². The van der Waals surface area contributed by atoms with Gasteiger partial charge in [0.2, 0.25) is 0 Å². The van der Waals surface area contributed by atoms with E-state index in [0.29, 0.717) is 18.4 Å². The normalized spacial score (nSPS) is 22.9. The van der Waals surface area contributed by atoms with Crippen LogP contribution in [0.5, 0.6) is 0 Å². The summed E-state index contributed by atoms with van der Waals surface area (Å²) in [5, 5.41) is 9.10. The first-order valence-electron chi connectivity index (χ1n) is 6.40. The summed E-state index contributed by atoms with van der Waals surface area (Å²) in [6.45, 7) is 1.95. The Morgan fingerprint density at radius 1 is 1.33 bits per heavy atom. The molecule has 2 atom stereocenters. The number of aliphatic carboxylic acids is 1. The Balaban J connectivity index is 2.05. The molecule has 0 heterocycles. The highest BCUT2D eigenvalue weighted by atomic mass is 16.4. The van der Waals surface area contributed by atoms with E-state index in [-0.39, 0.29) is 17.6 Å². The summed E-state index contributed by atoms with van der Waals surface area (Å²) in [6.07, 6.45) is 2.85. The Morgan fingerprint density at radius 3 is 2.78 bits per heavy atom. The van der Waals surface area contributed by atoms with E-state index in [0.717, 1.165) is 18.4 Å². The van der Waals surface area contributed by atoms with Crippen LogP contribution >= 0.6 is 0 Å². The summed E-state index contributed by atoms with van der Waals surface area (Å²) in [4.78, 5) is 23.2. The van der Waals surface area contributed by atoms with E-state index in [1.807, 2.05) is 25.1 Å². The van der Waals surface area contributed by atoms with Crippen LogP contribution in [0.1, 0.15) is 41.6 Å². The lowest BCUT2D eigenvalue weighted by atomic mass is 9.89. The first-order chi connectivity index (χ1) is 8.58. The van der Waals surface area contributed by atoms with Crippen molar-refractivity contribution in [2.45, 2.75) is 32.6 Å². The monoisotopic (exact) mass is 246 g/mol. The molecule has 1 aliphatic carbocycles. The minimum atomic E-state index is -0.755. The maximum Gasteiger partial charge on any atom is 0.306 e. The second kappa shape index (κ2) is 5.34. The van der Waals surface area contributed by atoms with Gasteiger partial charge in [0, 0.05) is 12.0 Å². The van der Waals surface area contributed by atoms with Gasteiger partial charge < -0.3 is 5.11 Å². The van der Waals surface area contributed by atoms with Crippen LogP contribution in [0.4, 0.5) is 0 Å². The standard InChI is InChI=1S/C15H18O3/c1-10-4-2-6-12(8-10)14(16)9-11-5-3-7-13(11)15(17)18/h2,4,6,8,11,13H,3,5,7,9H2,1H3,(H,17,18)/t11-,13+/m1/s1. The van der Waals surface area contributed by atoms with E-state index in [1.54, 1.807) is 6.07 Å². The molecule has 0 amide bonds. The highest BCUT2D eigenvalue weighted by molar-refractivity contribution is 5.96. The molecule has 3 heteroatoms. The Hall–Kier alpha value is -1.64. The smallest absolute Gasteiger partial charge is 0.306 e. The zero-order valence-electron chi connectivity index (χ0n) is 10.6. The van der Waals surface area contributed by atoms with E-state index in [4.69, 9.17) is 5.11 Å². The minimum Gasteiger partial charge on any atom is -0.481 e. The molecule has 0 bridgehead atoms. The number of carbonyl (C=O) groups is 2. The summed E-state index contributed by atoms with van der Waals surface area (Å²) in [5.41, 5.74) is 1.76. The number of hydrogen-bond donors (Lipinski definition) is 1. The van der Waals surface area contributed by atoms with Crippen molar-refractivity contribution in [1.82, 2.24) is 0 Å². The van der Waals surface area contributed by atoms with E-state index in [9.17, 15) is 9.59 Å². The van der Waals surface area contributed by atoms with E-state index in [2.05, 4.69) is 0 Å². The van der Waals surface area contributed by atoms with Crippen LogP contribution in [-0.4, -0.2) is 16.9 Å². The van der Waals surface area contributed by atoms with Crippen LogP contribution < -0.4 is 0 Å². The summed E-state index contributed by atoms with van der Waals surface area (Å²) in [5.74, 6) is -1.01. The SMILES string of the molecule is Cc1cccc(C(=O)C[C@H]2CCC[C@@H]2C(=O)O)c1. The molecule has 0 aromatic heterocycles. The molecular formula is C15H18O3. The highest BCUT2D eigenvalue weighted by Gasteiger charge is 2.34. The number of carboxylic acid groups (broad SMARTS) is 1. The maximum atomic E-state index is 12.1. The van der Waals surface area contributed by atoms with E-state index in [1.165, 1.54) is 0 Å². The molecule has 0 aliphatic heterocycles. The van der Waals surface area contributed by atoms with Gasteiger partial charge in [-0.05, 0) is 31.7 Å². The van der Waals surface area contributed by atoms with Crippen LogP contribution in [0, 0.1) is 18.8 Å². The van der Waals surface area contributed by atoms with E-state index < -0.39 is 5.97 Å². The van der Waals surface area contributed by atoms with Crippen molar-refractivity contribution >= 4 is 11.8 Å². The number of rotatable bonds is 4. The van der Waals surface area contributed by atoms with Crippen molar-refractivity contribution in [1.29, 1.82) is 0 Å².